The fourth-order valence-corrected chi connectivity index (χ4v) is 1.94. The van der Waals surface area contributed by atoms with Gasteiger partial charge in [0.2, 0.25) is 0 Å². The summed E-state index contributed by atoms with van der Waals surface area (Å²) in [5.41, 5.74) is -0.792. The van der Waals surface area contributed by atoms with Gasteiger partial charge in [-0.2, -0.15) is 0 Å². The highest BCUT2D eigenvalue weighted by Crippen LogP contribution is 2.40. The van der Waals surface area contributed by atoms with Crippen molar-refractivity contribution >= 4 is 11.9 Å². The van der Waals surface area contributed by atoms with Crippen molar-refractivity contribution in [3.63, 3.8) is 0 Å². The van der Waals surface area contributed by atoms with E-state index in [1.807, 2.05) is 0 Å². The van der Waals surface area contributed by atoms with Crippen LogP contribution in [0.1, 0.15) is 25.0 Å². The quantitative estimate of drug-likeness (QED) is 0.788. The van der Waals surface area contributed by atoms with Crippen molar-refractivity contribution in [3.05, 3.63) is 11.8 Å². The van der Waals surface area contributed by atoms with Crippen molar-refractivity contribution in [2.75, 3.05) is 13.2 Å². The van der Waals surface area contributed by atoms with Crippen LogP contribution in [0.25, 0.3) is 0 Å². The Bertz CT molecular complexity index is 478. The maximum atomic E-state index is 11.5. The van der Waals surface area contributed by atoms with Crippen molar-refractivity contribution in [2.24, 2.45) is 5.41 Å². The van der Waals surface area contributed by atoms with E-state index in [1.54, 1.807) is 13.0 Å². The minimum atomic E-state index is -0.855. The van der Waals surface area contributed by atoms with E-state index in [9.17, 15) is 9.59 Å². The molecule has 1 aliphatic rings. The zero-order valence-electron chi connectivity index (χ0n) is 10.6. The second-order valence-corrected chi connectivity index (χ2v) is 4.78. The number of nitrogens with zero attached hydrogens (tertiary/aromatic N) is 1. The predicted molar refractivity (Wildman–Crippen MR) is 63.7 cm³/mol. The molecular weight excluding hydrogens is 252 g/mol. The average molecular weight is 268 g/mol. The van der Waals surface area contributed by atoms with E-state index in [0.717, 1.165) is 6.42 Å². The first-order chi connectivity index (χ1) is 9.02. The highest BCUT2D eigenvalue weighted by atomic mass is 16.5. The first kappa shape index (κ1) is 13.4. The first-order valence-electron chi connectivity index (χ1n) is 6.08. The van der Waals surface area contributed by atoms with Crippen LogP contribution in [0, 0.1) is 12.3 Å². The molecule has 104 valence electrons. The summed E-state index contributed by atoms with van der Waals surface area (Å²) in [6.07, 6.45) is 2.09. The van der Waals surface area contributed by atoms with Crippen molar-refractivity contribution in [1.29, 1.82) is 0 Å². The molecule has 1 fully saturated rings. The molecule has 7 heteroatoms. The Labute approximate surface area is 109 Å². The average Bonchev–Trinajstić information content (AvgIpc) is 2.70. The maximum absolute atomic E-state index is 11.5. The lowest BCUT2D eigenvalue weighted by atomic mass is 9.69. The second kappa shape index (κ2) is 5.29. The molecule has 0 bridgehead atoms. The summed E-state index contributed by atoms with van der Waals surface area (Å²) < 4.78 is 9.89. The van der Waals surface area contributed by atoms with E-state index < -0.39 is 11.4 Å². The summed E-state index contributed by atoms with van der Waals surface area (Å²) >= 11 is 0. The number of ether oxygens (including phenoxy) is 1. The molecule has 0 aliphatic heterocycles. The Morgan fingerprint density at radius 2 is 2.32 bits per heavy atom. The van der Waals surface area contributed by atoms with Gasteiger partial charge in [0.1, 0.15) is 5.76 Å². The van der Waals surface area contributed by atoms with Crippen LogP contribution in [0.4, 0.5) is 0 Å². The van der Waals surface area contributed by atoms with Crippen LogP contribution in [-0.2, 0) is 9.59 Å². The second-order valence-electron chi connectivity index (χ2n) is 4.78. The summed E-state index contributed by atoms with van der Waals surface area (Å²) in [6.45, 7) is 1.65. The molecule has 0 aromatic carbocycles. The summed E-state index contributed by atoms with van der Waals surface area (Å²) in [7, 11) is 0. The molecule has 2 N–H and O–H groups in total. The molecule has 0 atom stereocenters. The lowest BCUT2D eigenvalue weighted by Gasteiger charge is -2.37. The van der Waals surface area contributed by atoms with Crippen LogP contribution in [0.3, 0.4) is 0 Å². The topological polar surface area (TPSA) is 102 Å². The third kappa shape index (κ3) is 3.04. The number of carbonyl (C=O) groups excluding carboxylic acids is 1. The van der Waals surface area contributed by atoms with Crippen LogP contribution in [0.15, 0.2) is 10.6 Å². The van der Waals surface area contributed by atoms with Gasteiger partial charge in [0.15, 0.2) is 6.61 Å². The van der Waals surface area contributed by atoms with Crippen molar-refractivity contribution in [1.82, 2.24) is 10.5 Å². The van der Waals surface area contributed by atoms with Crippen molar-refractivity contribution in [3.8, 4) is 5.88 Å². The van der Waals surface area contributed by atoms with Crippen LogP contribution in [0.2, 0.25) is 0 Å². The van der Waals surface area contributed by atoms with Gasteiger partial charge in [0, 0.05) is 12.6 Å². The zero-order valence-corrected chi connectivity index (χ0v) is 10.6. The third-order valence-electron chi connectivity index (χ3n) is 3.35. The van der Waals surface area contributed by atoms with Gasteiger partial charge in [-0.25, -0.2) is 0 Å². The Hall–Kier alpha value is -2.05. The monoisotopic (exact) mass is 268 g/mol. The van der Waals surface area contributed by atoms with Gasteiger partial charge in [-0.3, -0.25) is 9.59 Å². The van der Waals surface area contributed by atoms with Gasteiger partial charge in [-0.05, 0) is 24.9 Å². The van der Waals surface area contributed by atoms with Crippen molar-refractivity contribution < 1.29 is 24.0 Å². The minimum Gasteiger partial charge on any atom is -0.481 e. The van der Waals surface area contributed by atoms with E-state index in [2.05, 4.69) is 10.5 Å². The van der Waals surface area contributed by atoms with E-state index in [4.69, 9.17) is 14.4 Å². The molecule has 1 aromatic heterocycles. The number of aryl methyl sites for hydroxylation is 1. The lowest BCUT2D eigenvalue weighted by Crippen LogP contribution is -2.48. The van der Waals surface area contributed by atoms with Crippen LogP contribution < -0.4 is 10.1 Å². The molecule has 1 amide bonds. The Morgan fingerprint density at radius 3 is 2.79 bits per heavy atom. The minimum absolute atomic E-state index is 0.141. The lowest BCUT2D eigenvalue weighted by molar-refractivity contribution is -0.154. The molecule has 19 heavy (non-hydrogen) atoms. The number of hydrogen-bond acceptors (Lipinski definition) is 5. The molecule has 1 aliphatic carbocycles. The molecule has 1 heterocycles. The van der Waals surface area contributed by atoms with Gasteiger partial charge < -0.3 is 19.7 Å². The van der Waals surface area contributed by atoms with Crippen LogP contribution in [0.5, 0.6) is 5.88 Å². The van der Waals surface area contributed by atoms with Gasteiger partial charge in [-0.15, -0.1) is 0 Å². The van der Waals surface area contributed by atoms with Crippen LogP contribution >= 0.6 is 0 Å². The number of rotatable bonds is 6. The molecule has 2 rings (SSSR count). The van der Waals surface area contributed by atoms with Gasteiger partial charge in [-0.1, -0.05) is 6.42 Å². The fraction of sp³-hybridized carbons (Fsp3) is 0.583. The van der Waals surface area contributed by atoms with E-state index >= 15 is 0 Å². The van der Waals surface area contributed by atoms with Crippen LogP contribution in [-0.4, -0.2) is 35.3 Å². The number of carboxylic acid groups (broad SMARTS) is 1. The third-order valence-corrected chi connectivity index (χ3v) is 3.35. The highest BCUT2D eigenvalue weighted by molar-refractivity contribution is 5.80. The summed E-state index contributed by atoms with van der Waals surface area (Å²) in [5, 5.41) is 15.3. The Morgan fingerprint density at radius 1 is 1.58 bits per heavy atom. The zero-order chi connectivity index (χ0) is 13.9. The molecular formula is C12H16N2O5. The van der Waals surface area contributed by atoms with Gasteiger partial charge >= 0.3 is 5.97 Å². The van der Waals surface area contributed by atoms with E-state index in [1.165, 1.54) is 0 Å². The van der Waals surface area contributed by atoms with E-state index in [0.29, 0.717) is 18.6 Å². The smallest absolute Gasteiger partial charge is 0.311 e. The molecule has 0 saturated heterocycles. The first-order valence-corrected chi connectivity index (χ1v) is 6.08. The number of nitrogens with one attached hydrogen (secondary N) is 1. The van der Waals surface area contributed by atoms with E-state index in [-0.39, 0.29) is 24.9 Å². The largest absolute Gasteiger partial charge is 0.481 e. The highest BCUT2D eigenvalue weighted by Gasteiger charge is 2.44. The predicted octanol–water partition coefficient (Wildman–Crippen LogP) is 0.733. The molecule has 0 spiro atoms. The normalized spacial score (nSPS) is 16.5. The Kier molecular flexibility index (Phi) is 3.73. The number of carbonyl (C=O) groups is 2. The Balaban J connectivity index is 1.74. The number of carboxylic acids is 1. The molecule has 0 unspecified atom stereocenters. The SMILES string of the molecule is Cc1cc(OCC(=O)NCC2(C(=O)O)CCC2)no1. The van der Waals surface area contributed by atoms with Gasteiger partial charge in [0.05, 0.1) is 5.41 Å². The number of aromatic nitrogens is 1. The number of hydrogen-bond donors (Lipinski definition) is 2. The molecule has 1 saturated carbocycles. The molecule has 7 nitrogen and oxygen atoms in total. The summed E-state index contributed by atoms with van der Waals surface area (Å²) in [5.74, 6) is -0.390. The standard InChI is InChI=1S/C12H16N2O5/c1-8-5-10(14-19-8)18-6-9(15)13-7-12(11(16)17)3-2-4-12/h5H,2-4,6-7H2,1H3,(H,13,15)(H,16,17). The van der Waals surface area contributed by atoms with Crippen molar-refractivity contribution in [2.45, 2.75) is 26.2 Å². The summed E-state index contributed by atoms with van der Waals surface area (Å²) in [4.78, 5) is 22.6. The van der Waals surface area contributed by atoms with Gasteiger partial charge in [0.25, 0.3) is 11.8 Å². The number of amides is 1. The maximum Gasteiger partial charge on any atom is 0.311 e. The fourth-order valence-electron chi connectivity index (χ4n) is 1.94. The number of aliphatic carboxylic acids is 1. The molecule has 0 radical (unpaired) electrons. The molecule has 1 aromatic rings. The summed E-state index contributed by atoms with van der Waals surface area (Å²) in [6, 6.07) is 1.57.